The summed E-state index contributed by atoms with van der Waals surface area (Å²) < 4.78 is 7.90. The van der Waals surface area contributed by atoms with E-state index in [1.54, 1.807) is 6.20 Å². The molecule has 27 heavy (non-hydrogen) atoms. The first-order chi connectivity index (χ1) is 13.0. The van der Waals surface area contributed by atoms with Crippen LogP contribution in [-0.4, -0.2) is 15.3 Å². The SMILES string of the molecule is Cc1c(N)cccc1COc1cc(-c2cnc3ccccn23)sc1C(N)=O. The number of primary amides is 1. The number of pyridine rings is 1. The number of nitrogens with zero attached hydrogens (tertiary/aromatic N) is 2. The van der Waals surface area contributed by atoms with Crippen LogP contribution < -0.4 is 16.2 Å². The second-order valence-corrected chi connectivity index (χ2v) is 7.21. The number of amides is 1. The van der Waals surface area contributed by atoms with Gasteiger partial charge in [-0.1, -0.05) is 18.2 Å². The zero-order valence-corrected chi connectivity index (χ0v) is 15.5. The molecule has 0 unspecified atom stereocenters. The predicted octanol–water partition coefficient (Wildman–Crippen LogP) is 3.63. The zero-order chi connectivity index (χ0) is 19.0. The third kappa shape index (κ3) is 3.13. The summed E-state index contributed by atoms with van der Waals surface area (Å²) in [6.45, 7) is 2.25. The molecule has 3 aromatic heterocycles. The van der Waals surface area contributed by atoms with Crippen molar-refractivity contribution in [1.29, 1.82) is 0 Å². The molecule has 0 saturated heterocycles. The number of fused-ring (bicyclic) bond motifs is 1. The summed E-state index contributed by atoms with van der Waals surface area (Å²) in [5.41, 5.74) is 15.9. The molecule has 0 bridgehead atoms. The van der Waals surface area contributed by atoms with Gasteiger partial charge in [-0.25, -0.2) is 4.98 Å². The van der Waals surface area contributed by atoms with Gasteiger partial charge in [-0.15, -0.1) is 11.3 Å². The first-order valence-corrected chi connectivity index (χ1v) is 9.19. The Bertz CT molecular complexity index is 1150. The highest BCUT2D eigenvalue weighted by molar-refractivity contribution is 7.17. The van der Waals surface area contributed by atoms with Gasteiger partial charge in [0, 0.05) is 18.0 Å². The van der Waals surface area contributed by atoms with Crippen molar-refractivity contribution in [3.8, 4) is 16.3 Å². The molecule has 0 aliphatic carbocycles. The number of rotatable bonds is 5. The number of imidazole rings is 1. The Morgan fingerprint density at radius 1 is 1.26 bits per heavy atom. The second-order valence-electron chi connectivity index (χ2n) is 6.16. The highest BCUT2D eigenvalue weighted by Gasteiger charge is 2.18. The van der Waals surface area contributed by atoms with Gasteiger partial charge in [0.1, 0.15) is 22.9 Å². The van der Waals surface area contributed by atoms with Crippen LogP contribution in [0, 0.1) is 6.92 Å². The van der Waals surface area contributed by atoms with E-state index in [2.05, 4.69) is 4.98 Å². The summed E-state index contributed by atoms with van der Waals surface area (Å²) in [6.07, 6.45) is 3.70. The van der Waals surface area contributed by atoms with Crippen molar-refractivity contribution < 1.29 is 9.53 Å². The third-order valence-corrected chi connectivity index (χ3v) is 5.62. The lowest BCUT2D eigenvalue weighted by Crippen LogP contribution is -2.10. The fourth-order valence-corrected chi connectivity index (χ4v) is 3.87. The minimum Gasteiger partial charge on any atom is -0.487 e. The molecule has 7 heteroatoms. The first-order valence-electron chi connectivity index (χ1n) is 8.37. The van der Waals surface area contributed by atoms with Crippen molar-refractivity contribution in [2.24, 2.45) is 5.73 Å². The molecule has 0 aliphatic heterocycles. The molecule has 1 amide bonds. The Balaban J connectivity index is 1.69. The number of nitrogen functional groups attached to an aromatic ring is 1. The summed E-state index contributed by atoms with van der Waals surface area (Å²) in [4.78, 5) is 17.6. The largest absolute Gasteiger partial charge is 0.487 e. The molecular weight excluding hydrogens is 360 g/mol. The summed E-state index contributed by atoms with van der Waals surface area (Å²) in [6, 6.07) is 13.3. The summed E-state index contributed by atoms with van der Waals surface area (Å²) >= 11 is 1.30. The van der Waals surface area contributed by atoms with Crippen molar-refractivity contribution in [3.05, 3.63) is 70.9 Å². The van der Waals surface area contributed by atoms with Crippen molar-refractivity contribution in [2.75, 3.05) is 5.73 Å². The molecule has 0 saturated carbocycles. The van der Waals surface area contributed by atoms with E-state index < -0.39 is 5.91 Å². The number of anilines is 1. The maximum atomic E-state index is 11.9. The van der Waals surface area contributed by atoms with Gasteiger partial charge in [0.25, 0.3) is 5.91 Å². The maximum Gasteiger partial charge on any atom is 0.262 e. The Kier molecular flexibility index (Phi) is 4.29. The lowest BCUT2D eigenvalue weighted by Gasteiger charge is -2.10. The second kappa shape index (κ2) is 6.77. The minimum atomic E-state index is -0.514. The van der Waals surface area contributed by atoms with Gasteiger partial charge >= 0.3 is 0 Å². The van der Waals surface area contributed by atoms with Gasteiger partial charge in [0.2, 0.25) is 0 Å². The first kappa shape index (κ1) is 17.1. The summed E-state index contributed by atoms with van der Waals surface area (Å²) in [7, 11) is 0. The number of hydrogen-bond acceptors (Lipinski definition) is 5. The van der Waals surface area contributed by atoms with E-state index in [0.717, 1.165) is 27.3 Å². The number of ether oxygens (including phenoxy) is 1. The Labute approximate surface area is 160 Å². The molecule has 0 aliphatic rings. The van der Waals surface area contributed by atoms with Crippen LogP contribution in [0.1, 0.15) is 20.8 Å². The van der Waals surface area contributed by atoms with E-state index in [9.17, 15) is 4.79 Å². The highest BCUT2D eigenvalue weighted by atomic mass is 32.1. The number of benzene rings is 1. The maximum absolute atomic E-state index is 11.9. The van der Waals surface area contributed by atoms with Crippen molar-refractivity contribution in [1.82, 2.24) is 9.38 Å². The fourth-order valence-electron chi connectivity index (χ4n) is 2.91. The number of nitrogens with two attached hydrogens (primary N) is 2. The minimum absolute atomic E-state index is 0.306. The van der Waals surface area contributed by atoms with Crippen LogP contribution in [0.3, 0.4) is 0 Å². The number of carbonyl (C=O) groups excluding carboxylic acids is 1. The topological polar surface area (TPSA) is 95.6 Å². The molecular formula is C20H18N4O2S. The van der Waals surface area contributed by atoms with E-state index >= 15 is 0 Å². The monoisotopic (exact) mass is 378 g/mol. The van der Waals surface area contributed by atoms with E-state index in [4.69, 9.17) is 16.2 Å². The van der Waals surface area contributed by atoms with Crippen LogP contribution in [0.4, 0.5) is 5.69 Å². The van der Waals surface area contributed by atoms with Crippen molar-refractivity contribution in [3.63, 3.8) is 0 Å². The van der Waals surface area contributed by atoms with Crippen LogP contribution >= 0.6 is 11.3 Å². The molecule has 0 atom stereocenters. The smallest absolute Gasteiger partial charge is 0.262 e. The van der Waals surface area contributed by atoms with Crippen LogP contribution in [0.25, 0.3) is 16.2 Å². The predicted molar refractivity (Wildman–Crippen MR) is 107 cm³/mol. The number of aromatic nitrogens is 2. The lowest BCUT2D eigenvalue weighted by atomic mass is 10.1. The third-order valence-electron chi connectivity index (χ3n) is 4.46. The molecule has 4 rings (SSSR count). The number of hydrogen-bond donors (Lipinski definition) is 2. The summed E-state index contributed by atoms with van der Waals surface area (Å²) in [5.74, 6) is -0.0467. The molecule has 4 aromatic rings. The normalized spacial score (nSPS) is 11.0. The van der Waals surface area contributed by atoms with E-state index in [1.807, 2.05) is 60.0 Å². The molecule has 6 nitrogen and oxygen atoms in total. The average Bonchev–Trinajstić information content (AvgIpc) is 3.27. The Morgan fingerprint density at radius 2 is 2.11 bits per heavy atom. The van der Waals surface area contributed by atoms with Crippen LogP contribution in [0.5, 0.6) is 5.75 Å². The fraction of sp³-hybridized carbons (Fsp3) is 0.100. The van der Waals surface area contributed by atoms with Crippen LogP contribution in [0.15, 0.2) is 54.9 Å². The van der Waals surface area contributed by atoms with Gasteiger partial charge < -0.3 is 16.2 Å². The number of thiophene rings is 1. The molecule has 1 aromatic carbocycles. The van der Waals surface area contributed by atoms with E-state index in [1.165, 1.54) is 11.3 Å². The van der Waals surface area contributed by atoms with Gasteiger partial charge in [0.05, 0.1) is 16.8 Å². The van der Waals surface area contributed by atoms with E-state index in [-0.39, 0.29) is 0 Å². The van der Waals surface area contributed by atoms with Crippen LogP contribution in [0.2, 0.25) is 0 Å². The van der Waals surface area contributed by atoms with Gasteiger partial charge in [-0.05, 0) is 36.2 Å². The van der Waals surface area contributed by atoms with Crippen molar-refractivity contribution in [2.45, 2.75) is 13.5 Å². The lowest BCUT2D eigenvalue weighted by molar-refractivity contribution is 0.1000. The summed E-state index contributed by atoms with van der Waals surface area (Å²) in [5, 5.41) is 0. The van der Waals surface area contributed by atoms with Gasteiger partial charge in [0.15, 0.2) is 0 Å². The van der Waals surface area contributed by atoms with Crippen molar-refractivity contribution >= 4 is 28.6 Å². The average molecular weight is 378 g/mol. The molecule has 3 heterocycles. The van der Waals surface area contributed by atoms with Crippen LogP contribution in [-0.2, 0) is 6.61 Å². The molecule has 0 radical (unpaired) electrons. The molecule has 136 valence electrons. The Morgan fingerprint density at radius 3 is 2.93 bits per heavy atom. The highest BCUT2D eigenvalue weighted by Crippen LogP contribution is 2.37. The molecule has 0 fully saturated rings. The zero-order valence-electron chi connectivity index (χ0n) is 14.7. The van der Waals surface area contributed by atoms with Gasteiger partial charge in [-0.3, -0.25) is 9.20 Å². The standard InChI is InChI=1S/C20H18N4O2S/c1-12-13(5-4-6-14(12)21)11-26-16-9-17(27-19(16)20(22)25)15-10-23-18-7-2-3-8-24(15)18/h2-10H,11,21H2,1H3,(H2,22,25). The van der Waals surface area contributed by atoms with E-state index in [0.29, 0.717) is 22.9 Å². The Hall–Kier alpha value is -3.32. The quantitative estimate of drug-likeness (QED) is 0.518. The molecule has 4 N–H and O–H groups in total. The number of carbonyl (C=O) groups is 1. The van der Waals surface area contributed by atoms with Gasteiger partial charge in [-0.2, -0.15) is 0 Å². The molecule has 0 spiro atoms.